The van der Waals surface area contributed by atoms with Crippen molar-refractivity contribution in [3.63, 3.8) is 0 Å². The maximum Gasteiger partial charge on any atom is 0.294 e. The molecule has 1 heterocycles. The average Bonchev–Trinajstić information content (AvgIpc) is 2.62. The van der Waals surface area contributed by atoms with Crippen LogP contribution in [0.5, 0.6) is 0 Å². The molecule has 0 aliphatic carbocycles. The van der Waals surface area contributed by atoms with Crippen molar-refractivity contribution in [3.05, 3.63) is 23.0 Å². The van der Waals surface area contributed by atoms with E-state index in [4.69, 9.17) is 4.55 Å². The van der Waals surface area contributed by atoms with Crippen LogP contribution in [-0.4, -0.2) is 23.6 Å². The van der Waals surface area contributed by atoms with Gasteiger partial charge in [0, 0.05) is 12.6 Å². The summed E-state index contributed by atoms with van der Waals surface area (Å²) in [4.78, 5) is 5.31. The van der Waals surface area contributed by atoms with Crippen LogP contribution in [0, 0.1) is 0 Å². The fourth-order valence-electron chi connectivity index (χ4n) is 1.84. The number of benzene rings is 1. The summed E-state index contributed by atoms with van der Waals surface area (Å²) in [5.74, 6) is 0. The van der Waals surface area contributed by atoms with Gasteiger partial charge >= 0.3 is 0 Å². The van der Waals surface area contributed by atoms with Gasteiger partial charge in [0.1, 0.15) is 0 Å². The maximum absolute atomic E-state index is 11.1. The van der Waals surface area contributed by atoms with Gasteiger partial charge in [0.15, 0.2) is 4.80 Å². The van der Waals surface area contributed by atoms with E-state index in [1.165, 1.54) is 23.5 Å². The van der Waals surface area contributed by atoms with Gasteiger partial charge < -0.3 is 4.57 Å². The molecule has 1 aromatic heterocycles. The van der Waals surface area contributed by atoms with Gasteiger partial charge in [0.25, 0.3) is 10.1 Å². The Labute approximate surface area is 116 Å². The first kappa shape index (κ1) is 14.2. The molecule has 2 aromatic rings. The SMILES string of the molecule is CCn1c(=NC(C)C)sc2cc(S(=O)(=O)O)ccc21. The first-order chi connectivity index (χ1) is 8.82. The second kappa shape index (κ2) is 5.07. The molecule has 19 heavy (non-hydrogen) atoms. The third kappa shape index (κ3) is 2.88. The lowest BCUT2D eigenvalue weighted by Gasteiger charge is -2.02. The van der Waals surface area contributed by atoms with Crippen molar-refractivity contribution < 1.29 is 13.0 Å². The maximum atomic E-state index is 11.1. The highest BCUT2D eigenvalue weighted by Crippen LogP contribution is 2.21. The molecular weight excluding hydrogens is 284 g/mol. The van der Waals surface area contributed by atoms with E-state index < -0.39 is 10.1 Å². The Morgan fingerprint density at radius 1 is 1.42 bits per heavy atom. The second-order valence-corrected chi connectivity index (χ2v) is 6.89. The van der Waals surface area contributed by atoms with Crippen LogP contribution in [0.3, 0.4) is 0 Å². The molecule has 1 N–H and O–H groups in total. The van der Waals surface area contributed by atoms with Crippen molar-refractivity contribution in [2.75, 3.05) is 0 Å². The lowest BCUT2D eigenvalue weighted by molar-refractivity contribution is 0.483. The Hall–Kier alpha value is -1.18. The summed E-state index contributed by atoms with van der Waals surface area (Å²) in [7, 11) is -4.16. The lowest BCUT2D eigenvalue weighted by Crippen LogP contribution is -2.15. The molecule has 0 saturated heterocycles. The summed E-state index contributed by atoms with van der Waals surface area (Å²) in [6.45, 7) is 6.76. The zero-order valence-corrected chi connectivity index (χ0v) is 12.6. The Kier molecular flexibility index (Phi) is 3.80. The molecule has 0 amide bonds. The van der Waals surface area contributed by atoms with Crippen molar-refractivity contribution in [3.8, 4) is 0 Å². The third-order valence-electron chi connectivity index (χ3n) is 2.64. The molecule has 0 fully saturated rings. The lowest BCUT2D eigenvalue weighted by atomic mass is 10.3. The molecule has 0 aliphatic heterocycles. The Morgan fingerprint density at radius 2 is 2.11 bits per heavy atom. The molecule has 0 radical (unpaired) electrons. The average molecular weight is 300 g/mol. The highest BCUT2D eigenvalue weighted by Gasteiger charge is 2.12. The highest BCUT2D eigenvalue weighted by atomic mass is 32.2. The molecule has 1 aromatic carbocycles. The topological polar surface area (TPSA) is 71.7 Å². The monoisotopic (exact) mass is 300 g/mol. The minimum absolute atomic E-state index is 0.0828. The summed E-state index contributed by atoms with van der Waals surface area (Å²) in [5, 5.41) is 0. The number of nitrogens with zero attached hydrogens (tertiary/aromatic N) is 2. The minimum Gasteiger partial charge on any atom is -0.317 e. The zero-order chi connectivity index (χ0) is 14.2. The predicted molar refractivity (Wildman–Crippen MR) is 76.0 cm³/mol. The highest BCUT2D eigenvalue weighted by molar-refractivity contribution is 7.85. The summed E-state index contributed by atoms with van der Waals surface area (Å²) in [5.41, 5.74) is 0.930. The van der Waals surface area contributed by atoms with E-state index in [0.29, 0.717) is 0 Å². The third-order valence-corrected chi connectivity index (χ3v) is 4.54. The van der Waals surface area contributed by atoms with Crippen LogP contribution in [0.15, 0.2) is 28.1 Å². The molecular formula is C12H16N2O3S2. The standard InChI is InChI=1S/C12H16N2O3S2/c1-4-14-10-6-5-9(19(15,16)17)7-11(10)18-12(14)13-8(2)3/h5-8H,4H2,1-3H3,(H,15,16,17). The second-order valence-electron chi connectivity index (χ2n) is 4.46. The first-order valence-electron chi connectivity index (χ1n) is 5.97. The fourth-order valence-corrected chi connectivity index (χ4v) is 3.69. The van der Waals surface area contributed by atoms with Crippen LogP contribution in [0.1, 0.15) is 20.8 Å². The van der Waals surface area contributed by atoms with Crippen molar-refractivity contribution in [1.82, 2.24) is 4.57 Å². The van der Waals surface area contributed by atoms with Crippen molar-refractivity contribution >= 4 is 31.7 Å². The van der Waals surface area contributed by atoms with Gasteiger partial charge in [-0.25, -0.2) is 0 Å². The Bertz CT molecular complexity index is 770. The van der Waals surface area contributed by atoms with Crippen LogP contribution < -0.4 is 4.80 Å². The van der Waals surface area contributed by atoms with Crippen LogP contribution in [0.25, 0.3) is 10.2 Å². The Balaban J connectivity index is 2.77. The van der Waals surface area contributed by atoms with Gasteiger partial charge in [-0.3, -0.25) is 9.55 Å². The van der Waals surface area contributed by atoms with Crippen LogP contribution in [-0.2, 0) is 16.7 Å². The number of aromatic nitrogens is 1. The molecule has 0 atom stereocenters. The number of rotatable bonds is 3. The van der Waals surface area contributed by atoms with Gasteiger partial charge in [-0.15, -0.1) is 0 Å². The van der Waals surface area contributed by atoms with Crippen LogP contribution >= 0.6 is 11.3 Å². The van der Waals surface area contributed by atoms with Gasteiger partial charge in [-0.2, -0.15) is 8.42 Å². The van der Waals surface area contributed by atoms with E-state index >= 15 is 0 Å². The fraction of sp³-hybridized carbons (Fsp3) is 0.417. The van der Waals surface area contributed by atoms with E-state index in [1.807, 2.05) is 25.3 Å². The summed E-state index contributed by atoms with van der Waals surface area (Å²) >= 11 is 1.43. The first-order valence-corrected chi connectivity index (χ1v) is 8.23. The number of hydrogen-bond donors (Lipinski definition) is 1. The van der Waals surface area contributed by atoms with Crippen molar-refractivity contribution in [2.24, 2.45) is 4.99 Å². The number of fused-ring (bicyclic) bond motifs is 1. The van der Waals surface area contributed by atoms with Gasteiger partial charge in [-0.1, -0.05) is 11.3 Å². The zero-order valence-electron chi connectivity index (χ0n) is 11.0. The van der Waals surface area contributed by atoms with Gasteiger partial charge in [-0.05, 0) is 39.0 Å². The smallest absolute Gasteiger partial charge is 0.294 e. The van der Waals surface area contributed by atoms with Gasteiger partial charge in [0.05, 0.1) is 15.1 Å². The summed E-state index contributed by atoms with van der Waals surface area (Å²) in [6, 6.07) is 4.78. The van der Waals surface area contributed by atoms with Crippen LogP contribution in [0.4, 0.5) is 0 Å². The van der Waals surface area contributed by atoms with E-state index in [1.54, 1.807) is 6.07 Å². The van der Waals surface area contributed by atoms with E-state index in [9.17, 15) is 8.42 Å². The van der Waals surface area contributed by atoms with Gasteiger partial charge in [0.2, 0.25) is 0 Å². The van der Waals surface area contributed by atoms with E-state index in [-0.39, 0.29) is 10.9 Å². The molecule has 0 aliphatic rings. The Morgan fingerprint density at radius 3 is 2.63 bits per heavy atom. The van der Waals surface area contributed by atoms with Crippen molar-refractivity contribution in [1.29, 1.82) is 0 Å². The molecule has 2 rings (SSSR count). The predicted octanol–water partition coefficient (Wildman–Crippen LogP) is 2.28. The molecule has 0 spiro atoms. The van der Waals surface area contributed by atoms with E-state index in [0.717, 1.165) is 21.6 Å². The largest absolute Gasteiger partial charge is 0.317 e. The molecule has 0 unspecified atom stereocenters. The number of aryl methyl sites for hydroxylation is 1. The summed E-state index contributed by atoms with van der Waals surface area (Å²) < 4.78 is 34.2. The quantitative estimate of drug-likeness (QED) is 0.884. The number of thiazole rings is 1. The molecule has 0 saturated carbocycles. The van der Waals surface area contributed by atoms with E-state index in [2.05, 4.69) is 4.99 Å². The minimum atomic E-state index is -4.16. The normalized spacial score (nSPS) is 13.6. The molecule has 7 heteroatoms. The summed E-state index contributed by atoms with van der Waals surface area (Å²) in [6.07, 6.45) is 0. The number of hydrogen-bond acceptors (Lipinski definition) is 4. The van der Waals surface area contributed by atoms with Crippen LogP contribution in [0.2, 0.25) is 0 Å². The molecule has 104 valence electrons. The molecule has 0 bridgehead atoms. The van der Waals surface area contributed by atoms with Crippen molar-refractivity contribution in [2.45, 2.75) is 38.3 Å². The molecule has 5 nitrogen and oxygen atoms in total.